The molecule has 0 saturated carbocycles. The third-order valence-electron chi connectivity index (χ3n) is 4.35. The molecule has 1 aromatic carbocycles. The van der Waals surface area contributed by atoms with Gasteiger partial charge in [0, 0.05) is 50.6 Å². The maximum Gasteiger partial charge on any atom is 0.270 e. The van der Waals surface area contributed by atoms with Gasteiger partial charge in [0.15, 0.2) is 5.84 Å². The van der Waals surface area contributed by atoms with Crippen molar-refractivity contribution in [2.45, 2.75) is 19.8 Å². The van der Waals surface area contributed by atoms with Gasteiger partial charge in [-0.1, -0.05) is 24.8 Å². The number of nitrogens with zero attached hydrogens (tertiary/aromatic N) is 3. The first-order valence-corrected chi connectivity index (χ1v) is 9.52. The zero-order valence-electron chi connectivity index (χ0n) is 16.1. The van der Waals surface area contributed by atoms with E-state index in [0.29, 0.717) is 43.4 Å². The highest BCUT2D eigenvalue weighted by Crippen LogP contribution is 2.28. The summed E-state index contributed by atoms with van der Waals surface area (Å²) in [7, 11) is 0. The van der Waals surface area contributed by atoms with Crippen LogP contribution in [0.2, 0.25) is 0 Å². The lowest BCUT2D eigenvalue weighted by Crippen LogP contribution is -2.51. The Bertz CT molecular complexity index is 748. The normalized spacial score (nSPS) is 15.8. The number of carbonyl (C=O) groups is 1. The zero-order valence-corrected chi connectivity index (χ0v) is 16.8. The molecule has 0 aromatic heterocycles. The summed E-state index contributed by atoms with van der Waals surface area (Å²) in [6, 6.07) is 5.94. The van der Waals surface area contributed by atoms with Crippen molar-refractivity contribution in [1.82, 2.24) is 9.80 Å². The molecule has 8 heteroatoms. The molecule has 1 aliphatic rings. The highest BCUT2D eigenvalue weighted by atomic mass is 35.5. The lowest BCUT2D eigenvalue weighted by atomic mass is 10.1. The van der Waals surface area contributed by atoms with Crippen molar-refractivity contribution in [3.05, 3.63) is 54.4 Å². The van der Waals surface area contributed by atoms with Crippen LogP contribution in [0.3, 0.4) is 0 Å². The SMILES string of the molecule is C=C(Nc1ccc(C(C)(F)F)cc1)C(=N/C=C\C)N1CCN(C(=O)CCl)CC1. The Labute approximate surface area is 169 Å². The Morgan fingerprint density at radius 1 is 1.25 bits per heavy atom. The molecule has 1 amide bonds. The number of aliphatic imine (C=N–C) groups is 1. The van der Waals surface area contributed by atoms with Crippen molar-refractivity contribution in [2.75, 3.05) is 37.4 Å². The molecule has 1 aromatic rings. The molecular formula is C20H25ClF2N4O. The van der Waals surface area contributed by atoms with Gasteiger partial charge in [0.05, 0.1) is 5.70 Å². The molecule has 1 N–H and O–H groups in total. The van der Waals surface area contributed by atoms with E-state index >= 15 is 0 Å². The fraction of sp³-hybridized carbons (Fsp3) is 0.400. The van der Waals surface area contributed by atoms with Crippen LogP contribution < -0.4 is 5.32 Å². The molecule has 2 rings (SSSR count). The second-order valence-corrected chi connectivity index (χ2v) is 6.77. The van der Waals surface area contributed by atoms with Crippen molar-refractivity contribution < 1.29 is 13.6 Å². The molecule has 1 saturated heterocycles. The molecule has 1 aliphatic heterocycles. The monoisotopic (exact) mass is 410 g/mol. The van der Waals surface area contributed by atoms with Gasteiger partial charge in [0.25, 0.3) is 5.92 Å². The zero-order chi connectivity index (χ0) is 20.7. The van der Waals surface area contributed by atoms with Crippen LogP contribution in [0.25, 0.3) is 0 Å². The molecule has 0 unspecified atom stereocenters. The molecule has 5 nitrogen and oxygen atoms in total. The maximum atomic E-state index is 13.4. The fourth-order valence-corrected chi connectivity index (χ4v) is 2.99. The Morgan fingerprint density at radius 3 is 2.32 bits per heavy atom. The molecule has 0 aliphatic carbocycles. The molecule has 0 bridgehead atoms. The number of hydrogen-bond donors (Lipinski definition) is 1. The van der Waals surface area contributed by atoms with Crippen LogP contribution in [0, 0.1) is 0 Å². The van der Waals surface area contributed by atoms with Crippen molar-refractivity contribution in [3.8, 4) is 0 Å². The fourth-order valence-electron chi connectivity index (χ4n) is 2.82. The summed E-state index contributed by atoms with van der Waals surface area (Å²) in [5, 5.41) is 3.12. The Kier molecular flexibility index (Phi) is 7.57. The standard InChI is InChI=1S/C20H25ClF2N4O/c1-4-9-24-19(27-12-10-26(11-13-27)18(28)14-21)15(2)25-17-7-5-16(6-8-17)20(3,22)23/h4-9,25H,2,10-14H2,1,3H3/b9-4-,24-19?. The van der Waals surface area contributed by atoms with Gasteiger partial charge in [-0.15, -0.1) is 11.6 Å². The van der Waals surface area contributed by atoms with E-state index in [9.17, 15) is 13.6 Å². The van der Waals surface area contributed by atoms with Gasteiger partial charge >= 0.3 is 0 Å². The van der Waals surface area contributed by atoms with Crippen LogP contribution in [0.5, 0.6) is 0 Å². The minimum absolute atomic E-state index is 0.0272. The molecule has 0 radical (unpaired) electrons. The largest absolute Gasteiger partial charge is 0.353 e. The average molecular weight is 411 g/mol. The first-order chi connectivity index (χ1) is 13.3. The highest BCUT2D eigenvalue weighted by molar-refractivity contribution is 6.27. The number of hydrogen-bond acceptors (Lipinski definition) is 3. The number of piperazine rings is 1. The van der Waals surface area contributed by atoms with Gasteiger partial charge in [0.2, 0.25) is 5.91 Å². The smallest absolute Gasteiger partial charge is 0.270 e. The summed E-state index contributed by atoms with van der Waals surface area (Å²) in [5.74, 6) is -2.35. The van der Waals surface area contributed by atoms with E-state index in [4.69, 9.17) is 11.6 Å². The first kappa shape index (κ1) is 21.9. The number of allylic oxidation sites excluding steroid dienone is 1. The summed E-state index contributed by atoms with van der Waals surface area (Å²) in [4.78, 5) is 19.9. The summed E-state index contributed by atoms with van der Waals surface area (Å²) in [5.41, 5.74) is 1.14. The summed E-state index contributed by atoms with van der Waals surface area (Å²) in [6.07, 6.45) is 3.47. The number of alkyl halides is 3. The lowest BCUT2D eigenvalue weighted by Gasteiger charge is -2.36. The highest BCUT2D eigenvalue weighted by Gasteiger charge is 2.25. The lowest BCUT2D eigenvalue weighted by molar-refractivity contribution is -0.129. The van der Waals surface area contributed by atoms with E-state index in [1.54, 1.807) is 29.3 Å². The Balaban J connectivity index is 2.09. The number of nitrogens with one attached hydrogen (secondary N) is 1. The van der Waals surface area contributed by atoms with E-state index in [1.165, 1.54) is 12.1 Å². The van der Waals surface area contributed by atoms with Crippen molar-refractivity contribution in [2.24, 2.45) is 4.99 Å². The van der Waals surface area contributed by atoms with Crippen LogP contribution in [-0.4, -0.2) is 53.6 Å². The van der Waals surface area contributed by atoms with Gasteiger partial charge in [-0.2, -0.15) is 0 Å². The van der Waals surface area contributed by atoms with E-state index in [1.807, 2.05) is 11.8 Å². The number of rotatable bonds is 6. The predicted molar refractivity (Wildman–Crippen MR) is 110 cm³/mol. The number of benzene rings is 1. The molecule has 0 atom stereocenters. The molecule has 0 spiro atoms. The maximum absolute atomic E-state index is 13.4. The molecule has 152 valence electrons. The number of amides is 1. The predicted octanol–water partition coefficient (Wildman–Crippen LogP) is 4.04. The minimum Gasteiger partial charge on any atom is -0.353 e. The van der Waals surface area contributed by atoms with E-state index in [2.05, 4.69) is 16.9 Å². The molecule has 1 fully saturated rings. The van der Waals surface area contributed by atoms with Crippen molar-refractivity contribution in [3.63, 3.8) is 0 Å². The van der Waals surface area contributed by atoms with Gasteiger partial charge in [0.1, 0.15) is 5.88 Å². The van der Waals surface area contributed by atoms with Gasteiger partial charge in [-0.25, -0.2) is 13.8 Å². The Morgan fingerprint density at radius 2 is 1.82 bits per heavy atom. The molecule has 28 heavy (non-hydrogen) atoms. The first-order valence-electron chi connectivity index (χ1n) is 8.98. The molecule has 1 heterocycles. The van der Waals surface area contributed by atoms with Crippen LogP contribution in [0.15, 0.2) is 53.8 Å². The number of amidine groups is 1. The quantitative estimate of drug-likeness (QED) is 0.437. The van der Waals surface area contributed by atoms with E-state index < -0.39 is 5.92 Å². The van der Waals surface area contributed by atoms with E-state index in [-0.39, 0.29) is 17.4 Å². The summed E-state index contributed by atoms with van der Waals surface area (Å²) in [6.45, 7) is 9.07. The van der Waals surface area contributed by atoms with Crippen molar-refractivity contribution >= 4 is 29.0 Å². The van der Waals surface area contributed by atoms with Crippen LogP contribution in [0.4, 0.5) is 14.5 Å². The number of anilines is 1. The third kappa shape index (κ3) is 5.79. The number of halogens is 3. The van der Waals surface area contributed by atoms with Crippen LogP contribution in [0.1, 0.15) is 19.4 Å². The van der Waals surface area contributed by atoms with Gasteiger partial charge in [-0.05, 0) is 19.1 Å². The second kappa shape index (κ2) is 9.68. The number of carbonyl (C=O) groups excluding carboxylic acids is 1. The van der Waals surface area contributed by atoms with Crippen LogP contribution >= 0.6 is 11.6 Å². The van der Waals surface area contributed by atoms with Gasteiger partial charge in [-0.3, -0.25) is 4.79 Å². The summed E-state index contributed by atoms with van der Waals surface area (Å²) >= 11 is 5.62. The average Bonchev–Trinajstić information content (AvgIpc) is 2.68. The third-order valence-corrected chi connectivity index (χ3v) is 4.58. The Hall–Kier alpha value is -2.41. The minimum atomic E-state index is -2.88. The summed E-state index contributed by atoms with van der Waals surface area (Å²) < 4.78 is 26.7. The van der Waals surface area contributed by atoms with Gasteiger partial charge < -0.3 is 15.1 Å². The van der Waals surface area contributed by atoms with E-state index in [0.717, 1.165) is 6.92 Å². The topological polar surface area (TPSA) is 47.9 Å². The second-order valence-electron chi connectivity index (χ2n) is 6.51. The molecular weight excluding hydrogens is 386 g/mol. The van der Waals surface area contributed by atoms with Crippen molar-refractivity contribution in [1.29, 1.82) is 0 Å². The van der Waals surface area contributed by atoms with Crippen LogP contribution in [-0.2, 0) is 10.7 Å².